The molecule has 0 saturated carbocycles. The van der Waals surface area contributed by atoms with Crippen molar-refractivity contribution < 1.29 is 4.42 Å². The quantitative estimate of drug-likeness (QED) is 0.571. The molecule has 0 aliphatic rings. The van der Waals surface area contributed by atoms with Crippen LogP contribution in [0.25, 0.3) is 33.6 Å². The van der Waals surface area contributed by atoms with E-state index in [2.05, 4.69) is 9.97 Å². The van der Waals surface area contributed by atoms with Gasteiger partial charge >= 0.3 is 0 Å². The van der Waals surface area contributed by atoms with E-state index in [1.54, 1.807) is 42.5 Å². The molecule has 1 aromatic carbocycles. The van der Waals surface area contributed by atoms with Gasteiger partial charge in [0.1, 0.15) is 11.3 Å². The van der Waals surface area contributed by atoms with Crippen molar-refractivity contribution in [2.24, 2.45) is 14.1 Å². The molecule has 0 amide bonds. The zero-order chi connectivity index (χ0) is 16.0. The highest BCUT2D eigenvalue weighted by atomic mass is 16.3. The summed E-state index contributed by atoms with van der Waals surface area (Å²) in [6.07, 6.45) is 4.88. The molecule has 0 radical (unpaired) electrons. The highest BCUT2D eigenvalue weighted by Gasteiger charge is 2.21. The van der Waals surface area contributed by atoms with Gasteiger partial charge in [-0.3, -0.25) is 24.1 Å². The first kappa shape index (κ1) is 13.5. The summed E-state index contributed by atoms with van der Waals surface area (Å²) in [7, 11) is 3.59. The highest BCUT2D eigenvalue weighted by molar-refractivity contribution is 5.85. The van der Waals surface area contributed by atoms with E-state index < -0.39 is 0 Å². The lowest BCUT2D eigenvalue weighted by Crippen LogP contribution is -2.17. The van der Waals surface area contributed by atoms with Gasteiger partial charge in [-0.15, -0.1) is 0 Å². The SMILES string of the molecule is Cn1c(-c2ccc3nccnc3c2)c(-c2ccco2)c(=O)n1C. The fourth-order valence-electron chi connectivity index (χ4n) is 2.80. The monoisotopic (exact) mass is 306 g/mol. The lowest BCUT2D eigenvalue weighted by atomic mass is 10.1. The lowest BCUT2D eigenvalue weighted by Gasteiger charge is -2.08. The molecule has 0 fully saturated rings. The molecule has 3 aromatic heterocycles. The predicted molar refractivity (Wildman–Crippen MR) is 86.9 cm³/mol. The van der Waals surface area contributed by atoms with Gasteiger partial charge in [0.15, 0.2) is 0 Å². The lowest BCUT2D eigenvalue weighted by molar-refractivity contribution is 0.579. The van der Waals surface area contributed by atoms with E-state index in [1.165, 1.54) is 0 Å². The zero-order valence-corrected chi connectivity index (χ0v) is 12.7. The van der Waals surface area contributed by atoms with Crippen LogP contribution in [-0.4, -0.2) is 19.3 Å². The summed E-state index contributed by atoms with van der Waals surface area (Å²) < 4.78 is 8.84. The molecule has 23 heavy (non-hydrogen) atoms. The minimum Gasteiger partial charge on any atom is -0.464 e. The molecule has 4 aromatic rings. The fourth-order valence-corrected chi connectivity index (χ4v) is 2.80. The number of benzene rings is 1. The largest absolute Gasteiger partial charge is 0.464 e. The van der Waals surface area contributed by atoms with Gasteiger partial charge < -0.3 is 4.42 Å². The number of aromatic nitrogens is 4. The van der Waals surface area contributed by atoms with Crippen LogP contribution in [0.4, 0.5) is 0 Å². The predicted octanol–water partition coefficient (Wildman–Crippen LogP) is 2.59. The van der Waals surface area contributed by atoms with Gasteiger partial charge in [0.2, 0.25) is 0 Å². The number of hydrogen-bond donors (Lipinski definition) is 0. The van der Waals surface area contributed by atoms with Crippen LogP contribution in [0.2, 0.25) is 0 Å². The molecular weight excluding hydrogens is 292 g/mol. The van der Waals surface area contributed by atoms with Crippen LogP contribution in [0.15, 0.2) is 58.2 Å². The van der Waals surface area contributed by atoms with Crippen molar-refractivity contribution in [2.45, 2.75) is 0 Å². The van der Waals surface area contributed by atoms with Crippen molar-refractivity contribution in [1.29, 1.82) is 0 Å². The molecule has 0 saturated heterocycles. The van der Waals surface area contributed by atoms with E-state index in [0.29, 0.717) is 11.3 Å². The number of rotatable bonds is 2. The molecule has 3 heterocycles. The van der Waals surface area contributed by atoms with Crippen LogP contribution in [-0.2, 0) is 14.1 Å². The Morgan fingerprint density at radius 2 is 1.78 bits per heavy atom. The summed E-state index contributed by atoms with van der Waals surface area (Å²) in [5, 5.41) is 0. The molecule has 0 aliphatic carbocycles. The summed E-state index contributed by atoms with van der Waals surface area (Å²) in [4.78, 5) is 21.2. The van der Waals surface area contributed by atoms with Gasteiger partial charge in [-0.05, 0) is 24.3 Å². The van der Waals surface area contributed by atoms with Crippen LogP contribution in [0.1, 0.15) is 0 Å². The van der Waals surface area contributed by atoms with Crippen molar-refractivity contribution in [3.63, 3.8) is 0 Å². The Kier molecular flexibility index (Phi) is 2.90. The van der Waals surface area contributed by atoms with Crippen molar-refractivity contribution in [2.75, 3.05) is 0 Å². The van der Waals surface area contributed by atoms with Gasteiger partial charge in [-0.25, -0.2) is 0 Å². The van der Waals surface area contributed by atoms with Crippen LogP contribution in [0, 0.1) is 0 Å². The van der Waals surface area contributed by atoms with Crippen LogP contribution in [0.3, 0.4) is 0 Å². The molecule has 0 aliphatic heterocycles. The molecule has 4 rings (SSSR count). The molecular formula is C17H14N4O2. The average molecular weight is 306 g/mol. The van der Waals surface area contributed by atoms with E-state index in [-0.39, 0.29) is 5.56 Å². The summed E-state index contributed by atoms with van der Waals surface area (Å²) >= 11 is 0. The number of furan rings is 1. The Morgan fingerprint density at radius 3 is 2.52 bits per heavy atom. The Labute approximate surface area is 131 Å². The first-order chi connectivity index (χ1) is 11.2. The number of nitrogens with zero attached hydrogens (tertiary/aromatic N) is 4. The topological polar surface area (TPSA) is 65.8 Å². The average Bonchev–Trinajstić information content (AvgIpc) is 3.17. The van der Waals surface area contributed by atoms with Gasteiger partial charge in [0, 0.05) is 32.1 Å². The second-order valence-electron chi connectivity index (χ2n) is 5.31. The van der Waals surface area contributed by atoms with E-state index in [1.807, 2.05) is 29.9 Å². The highest BCUT2D eigenvalue weighted by Crippen LogP contribution is 2.31. The Hall–Kier alpha value is -3.15. The molecule has 114 valence electrons. The third-order valence-electron chi connectivity index (χ3n) is 4.03. The first-order valence-electron chi connectivity index (χ1n) is 7.18. The van der Waals surface area contributed by atoms with Gasteiger partial charge in [-0.1, -0.05) is 6.07 Å². The maximum Gasteiger partial charge on any atom is 0.278 e. The molecule has 0 atom stereocenters. The van der Waals surface area contributed by atoms with Gasteiger partial charge in [0.25, 0.3) is 5.56 Å². The molecule has 6 heteroatoms. The van der Waals surface area contributed by atoms with Crippen molar-refractivity contribution in [3.05, 3.63) is 59.3 Å². The minimum atomic E-state index is -0.100. The number of fused-ring (bicyclic) bond motifs is 1. The summed E-state index contributed by atoms with van der Waals surface area (Å²) in [6.45, 7) is 0. The van der Waals surface area contributed by atoms with Crippen LogP contribution < -0.4 is 5.56 Å². The molecule has 0 spiro atoms. The second-order valence-corrected chi connectivity index (χ2v) is 5.31. The van der Waals surface area contributed by atoms with Crippen molar-refractivity contribution in [3.8, 4) is 22.6 Å². The fraction of sp³-hybridized carbons (Fsp3) is 0.118. The van der Waals surface area contributed by atoms with E-state index in [4.69, 9.17) is 4.42 Å². The van der Waals surface area contributed by atoms with E-state index in [0.717, 1.165) is 22.3 Å². The standard InChI is InChI=1S/C17H14N4O2/c1-20-16(11-5-6-12-13(10-11)19-8-7-18-12)15(17(22)21(20)2)14-4-3-9-23-14/h3-10H,1-2H3. The van der Waals surface area contributed by atoms with Crippen LogP contribution in [0.5, 0.6) is 0 Å². The third-order valence-corrected chi connectivity index (χ3v) is 4.03. The normalized spacial score (nSPS) is 11.2. The Bertz CT molecular complexity index is 1060. The van der Waals surface area contributed by atoms with Crippen molar-refractivity contribution in [1.82, 2.24) is 19.3 Å². The van der Waals surface area contributed by atoms with Crippen LogP contribution >= 0.6 is 0 Å². The first-order valence-corrected chi connectivity index (χ1v) is 7.18. The third kappa shape index (κ3) is 1.99. The second kappa shape index (κ2) is 4.95. The van der Waals surface area contributed by atoms with Gasteiger partial charge in [-0.2, -0.15) is 0 Å². The van der Waals surface area contributed by atoms with E-state index in [9.17, 15) is 4.79 Å². The molecule has 0 unspecified atom stereocenters. The van der Waals surface area contributed by atoms with Crippen molar-refractivity contribution >= 4 is 11.0 Å². The summed E-state index contributed by atoms with van der Waals surface area (Å²) in [5.41, 5.74) is 3.73. The molecule has 0 N–H and O–H groups in total. The Balaban J connectivity index is 2.04. The van der Waals surface area contributed by atoms with Gasteiger partial charge in [0.05, 0.1) is 23.0 Å². The molecule has 0 bridgehead atoms. The van der Waals surface area contributed by atoms with E-state index >= 15 is 0 Å². The maximum atomic E-state index is 12.6. The maximum absolute atomic E-state index is 12.6. The smallest absolute Gasteiger partial charge is 0.278 e. The summed E-state index contributed by atoms with van der Waals surface area (Å²) in [5.74, 6) is 0.556. The minimum absolute atomic E-state index is 0.100. The summed E-state index contributed by atoms with van der Waals surface area (Å²) in [6, 6.07) is 9.35. The molecule has 6 nitrogen and oxygen atoms in total. The zero-order valence-electron chi connectivity index (χ0n) is 12.7. The number of hydrogen-bond acceptors (Lipinski definition) is 4. The Morgan fingerprint density at radius 1 is 1.00 bits per heavy atom.